The van der Waals surface area contributed by atoms with Crippen LogP contribution in [0, 0.1) is 10.5 Å². The number of anilines is 1. The predicted octanol–water partition coefficient (Wildman–Crippen LogP) is 2.27. The van der Waals surface area contributed by atoms with Crippen LogP contribution in [0.15, 0.2) is 47.4 Å². The molecule has 1 amide bonds. The SMILES string of the molecule is Cc1ccc(C(=O)Nc2ccc(S(=O)(=O)N3CCS(=O)(=O)CC3)cc2)cc1I. The van der Waals surface area contributed by atoms with E-state index in [1.807, 2.05) is 13.0 Å². The molecule has 0 unspecified atom stereocenters. The third kappa shape index (κ3) is 4.73. The molecule has 1 aliphatic rings. The largest absolute Gasteiger partial charge is 0.322 e. The minimum Gasteiger partial charge on any atom is -0.322 e. The Bertz CT molecular complexity index is 1100. The summed E-state index contributed by atoms with van der Waals surface area (Å²) in [5.74, 6) is -0.624. The molecule has 1 saturated heterocycles. The number of sulfone groups is 1. The Balaban J connectivity index is 1.72. The van der Waals surface area contributed by atoms with Gasteiger partial charge in [-0.3, -0.25) is 4.79 Å². The molecule has 2 aromatic carbocycles. The molecule has 0 saturated carbocycles. The summed E-state index contributed by atoms with van der Waals surface area (Å²) in [6.07, 6.45) is 0. The number of aryl methyl sites for hydroxylation is 1. The lowest BCUT2D eigenvalue weighted by Gasteiger charge is -2.26. The smallest absolute Gasteiger partial charge is 0.255 e. The molecule has 1 aliphatic heterocycles. The van der Waals surface area contributed by atoms with Crippen molar-refractivity contribution in [1.82, 2.24) is 4.31 Å². The summed E-state index contributed by atoms with van der Waals surface area (Å²) in [4.78, 5) is 12.4. The summed E-state index contributed by atoms with van der Waals surface area (Å²) in [5, 5.41) is 2.74. The molecule has 10 heteroatoms. The van der Waals surface area contributed by atoms with Crippen molar-refractivity contribution in [3.8, 4) is 0 Å². The van der Waals surface area contributed by atoms with Crippen LogP contribution in [0.5, 0.6) is 0 Å². The molecule has 0 radical (unpaired) electrons. The van der Waals surface area contributed by atoms with Gasteiger partial charge in [0.05, 0.1) is 16.4 Å². The minimum absolute atomic E-state index is 0.0464. The van der Waals surface area contributed by atoms with Crippen molar-refractivity contribution in [2.75, 3.05) is 29.9 Å². The zero-order valence-corrected chi connectivity index (χ0v) is 18.8. The maximum absolute atomic E-state index is 12.7. The van der Waals surface area contributed by atoms with Crippen LogP contribution in [-0.2, 0) is 19.9 Å². The van der Waals surface area contributed by atoms with Crippen molar-refractivity contribution in [1.29, 1.82) is 0 Å². The molecule has 0 spiro atoms. The van der Waals surface area contributed by atoms with Gasteiger partial charge in [-0.05, 0) is 71.5 Å². The summed E-state index contributed by atoms with van der Waals surface area (Å²) in [5.41, 5.74) is 2.07. The van der Waals surface area contributed by atoms with Crippen LogP contribution >= 0.6 is 22.6 Å². The Hall–Kier alpha value is -1.50. The molecule has 1 heterocycles. The van der Waals surface area contributed by atoms with E-state index >= 15 is 0 Å². The summed E-state index contributed by atoms with van der Waals surface area (Å²) in [6, 6.07) is 11.2. The topological polar surface area (TPSA) is 101 Å². The highest BCUT2D eigenvalue weighted by Crippen LogP contribution is 2.21. The Labute approximate surface area is 178 Å². The molecule has 0 bridgehead atoms. The second kappa shape index (κ2) is 8.09. The van der Waals surface area contributed by atoms with Gasteiger partial charge in [0, 0.05) is 27.9 Å². The summed E-state index contributed by atoms with van der Waals surface area (Å²) in [6.45, 7) is 1.87. The molecule has 0 atom stereocenters. The first-order valence-electron chi connectivity index (χ1n) is 8.47. The number of amides is 1. The number of hydrogen-bond acceptors (Lipinski definition) is 5. The van der Waals surface area contributed by atoms with E-state index in [-0.39, 0.29) is 35.4 Å². The Morgan fingerprint density at radius 3 is 2.25 bits per heavy atom. The fraction of sp³-hybridized carbons (Fsp3) is 0.278. The number of halogens is 1. The van der Waals surface area contributed by atoms with E-state index in [1.165, 1.54) is 28.6 Å². The number of hydrogen-bond donors (Lipinski definition) is 1. The number of nitrogens with one attached hydrogen (secondary N) is 1. The first-order valence-corrected chi connectivity index (χ1v) is 12.8. The van der Waals surface area contributed by atoms with Crippen molar-refractivity contribution in [2.45, 2.75) is 11.8 Å². The first kappa shape index (κ1) is 21.2. The average Bonchev–Trinajstić information content (AvgIpc) is 2.64. The monoisotopic (exact) mass is 534 g/mol. The van der Waals surface area contributed by atoms with Crippen LogP contribution in [0.25, 0.3) is 0 Å². The molecule has 1 fully saturated rings. The zero-order chi connectivity index (χ0) is 20.5. The normalized spacial score (nSPS) is 17.2. The second-order valence-electron chi connectivity index (χ2n) is 6.50. The lowest BCUT2D eigenvalue weighted by molar-refractivity contribution is 0.102. The van der Waals surface area contributed by atoms with Crippen LogP contribution in [0.4, 0.5) is 5.69 Å². The average molecular weight is 534 g/mol. The van der Waals surface area contributed by atoms with Crippen LogP contribution in [-0.4, -0.2) is 51.6 Å². The van der Waals surface area contributed by atoms with E-state index in [2.05, 4.69) is 27.9 Å². The number of sulfonamides is 1. The predicted molar refractivity (Wildman–Crippen MR) is 116 cm³/mol. The number of benzene rings is 2. The van der Waals surface area contributed by atoms with Crippen LogP contribution < -0.4 is 5.32 Å². The summed E-state index contributed by atoms with van der Waals surface area (Å²) < 4.78 is 50.5. The molecule has 150 valence electrons. The third-order valence-corrected chi connectivity index (χ3v) is 9.17. The van der Waals surface area contributed by atoms with E-state index in [1.54, 1.807) is 12.1 Å². The lowest BCUT2D eigenvalue weighted by Crippen LogP contribution is -2.43. The highest BCUT2D eigenvalue weighted by atomic mass is 127. The quantitative estimate of drug-likeness (QED) is 0.607. The molecule has 1 N–H and O–H groups in total. The van der Waals surface area contributed by atoms with Gasteiger partial charge in [0.25, 0.3) is 5.91 Å². The molecule has 0 aliphatic carbocycles. The standard InChI is InChI=1S/C18H19IN2O5S2/c1-13-2-3-14(12-17(13)19)18(22)20-15-4-6-16(7-5-15)28(25,26)21-8-10-27(23,24)11-9-21/h2-7,12H,8-11H2,1H3,(H,20,22). The molecule has 2 aromatic rings. The molecule has 28 heavy (non-hydrogen) atoms. The van der Waals surface area contributed by atoms with Crippen molar-refractivity contribution in [3.05, 3.63) is 57.2 Å². The first-order chi connectivity index (χ1) is 13.1. The number of rotatable bonds is 4. The van der Waals surface area contributed by atoms with E-state index in [0.29, 0.717) is 11.3 Å². The van der Waals surface area contributed by atoms with Gasteiger partial charge in [-0.2, -0.15) is 4.31 Å². The van der Waals surface area contributed by atoms with Crippen LogP contribution in [0.3, 0.4) is 0 Å². The van der Waals surface area contributed by atoms with E-state index in [9.17, 15) is 21.6 Å². The van der Waals surface area contributed by atoms with Gasteiger partial charge < -0.3 is 5.32 Å². The van der Waals surface area contributed by atoms with Gasteiger partial charge in [0.1, 0.15) is 0 Å². The van der Waals surface area contributed by atoms with Gasteiger partial charge in [-0.15, -0.1) is 0 Å². The number of carbonyl (C=O) groups is 1. The minimum atomic E-state index is -3.76. The molecule has 3 rings (SSSR count). The third-order valence-electron chi connectivity index (χ3n) is 4.49. The maximum Gasteiger partial charge on any atom is 0.255 e. The number of carbonyl (C=O) groups excluding carboxylic acids is 1. The lowest BCUT2D eigenvalue weighted by atomic mass is 10.1. The van der Waals surface area contributed by atoms with Crippen molar-refractivity contribution in [2.24, 2.45) is 0 Å². The number of nitrogens with zero attached hydrogens (tertiary/aromatic N) is 1. The zero-order valence-electron chi connectivity index (χ0n) is 15.1. The van der Waals surface area contributed by atoms with E-state index in [4.69, 9.17) is 0 Å². The maximum atomic E-state index is 12.7. The van der Waals surface area contributed by atoms with Gasteiger partial charge in [-0.1, -0.05) is 6.07 Å². The highest BCUT2D eigenvalue weighted by molar-refractivity contribution is 14.1. The molecule has 7 nitrogen and oxygen atoms in total. The second-order valence-corrected chi connectivity index (χ2v) is 11.9. The van der Waals surface area contributed by atoms with Gasteiger partial charge in [-0.25, -0.2) is 16.8 Å². The highest BCUT2D eigenvalue weighted by Gasteiger charge is 2.31. The molecular weight excluding hydrogens is 515 g/mol. The van der Waals surface area contributed by atoms with Crippen molar-refractivity contribution in [3.63, 3.8) is 0 Å². The van der Waals surface area contributed by atoms with Crippen LogP contribution in [0.1, 0.15) is 15.9 Å². The molecule has 0 aromatic heterocycles. The van der Waals surface area contributed by atoms with E-state index in [0.717, 1.165) is 9.13 Å². The Morgan fingerprint density at radius 1 is 1.07 bits per heavy atom. The van der Waals surface area contributed by atoms with Gasteiger partial charge >= 0.3 is 0 Å². The fourth-order valence-electron chi connectivity index (χ4n) is 2.73. The van der Waals surface area contributed by atoms with Crippen LogP contribution in [0.2, 0.25) is 0 Å². The van der Waals surface area contributed by atoms with Crippen molar-refractivity contribution >= 4 is 54.0 Å². The van der Waals surface area contributed by atoms with Gasteiger partial charge in [0.2, 0.25) is 10.0 Å². The molecular formula is C18H19IN2O5S2. The van der Waals surface area contributed by atoms with Crippen molar-refractivity contribution < 1.29 is 21.6 Å². The summed E-state index contributed by atoms with van der Waals surface area (Å²) >= 11 is 2.16. The fourth-order valence-corrected chi connectivity index (χ4v) is 6.12. The Morgan fingerprint density at radius 2 is 1.68 bits per heavy atom. The van der Waals surface area contributed by atoms with E-state index < -0.39 is 19.9 Å². The van der Waals surface area contributed by atoms with Gasteiger partial charge in [0.15, 0.2) is 9.84 Å². The Kier molecular flexibility index (Phi) is 6.13. The summed E-state index contributed by atoms with van der Waals surface area (Å²) in [7, 11) is -6.93.